The molecule has 0 spiro atoms. The molecule has 2 unspecified atom stereocenters. The minimum Gasteiger partial charge on any atom is -0.465 e. The first kappa shape index (κ1) is 19.9. The van der Waals surface area contributed by atoms with Crippen molar-refractivity contribution in [2.24, 2.45) is 11.8 Å². The summed E-state index contributed by atoms with van der Waals surface area (Å²) >= 11 is 0. The van der Waals surface area contributed by atoms with Gasteiger partial charge in [-0.05, 0) is 31.4 Å². The van der Waals surface area contributed by atoms with E-state index in [2.05, 4.69) is 0 Å². The van der Waals surface area contributed by atoms with Gasteiger partial charge in [0, 0.05) is 0 Å². The van der Waals surface area contributed by atoms with Gasteiger partial charge < -0.3 is 14.2 Å². The minimum absolute atomic E-state index is 0.0159. The van der Waals surface area contributed by atoms with Gasteiger partial charge in [-0.15, -0.1) is 0 Å². The van der Waals surface area contributed by atoms with Gasteiger partial charge in [0.15, 0.2) is 6.10 Å². The lowest BCUT2D eigenvalue weighted by molar-refractivity contribution is -0.176. The number of ether oxygens (including phenoxy) is 3. The number of carbonyl (C=O) groups is 3. The predicted octanol–water partition coefficient (Wildman–Crippen LogP) is 2.60. The Balaban J connectivity index is 2.36. The molecule has 0 bridgehead atoms. The molecular weight excluding hydrogens is 336 g/mol. The molecule has 0 amide bonds. The summed E-state index contributed by atoms with van der Waals surface area (Å²) in [6.07, 6.45) is -1.33. The van der Waals surface area contributed by atoms with Crippen molar-refractivity contribution in [1.29, 1.82) is 0 Å². The maximum Gasteiger partial charge on any atom is 0.313 e. The summed E-state index contributed by atoms with van der Waals surface area (Å²) in [5.74, 6) is -2.52. The lowest BCUT2D eigenvalue weighted by Gasteiger charge is -2.30. The van der Waals surface area contributed by atoms with Crippen LogP contribution in [0.4, 0.5) is 0 Å². The molecule has 1 aromatic rings. The highest BCUT2D eigenvalue weighted by Gasteiger charge is 2.40. The third kappa shape index (κ3) is 5.07. The van der Waals surface area contributed by atoms with Crippen LogP contribution in [-0.4, -0.2) is 36.7 Å². The quantitative estimate of drug-likeness (QED) is 0.605. The zero-order chi connectivity index (χ0) is 19.3. The fourth-order valence-corrected chi connectivity index (χ4v) is 2.86. The van der Waals surface area contributed by atoms with Crippen LogP contribution >= 0.6 is 0 Å². The molecule has 0 radical (unpaired) electrons. The average molecular weight is 362 g/mol. The van der Waals surface area contributed by atoms with E-state index in [9.17, 15) is 14.4 Å². The zero-order valence-corrected chi connectivity index (χ0v) is 15.7. The van der Waals surface area contributed by atoms with Crippen molar-refractivity contribution in [1.82, 2.24) is 0 Å². The SMILES string of the molecule is Cc1ccccc1CC1C(=O)OCCC(=O)OC(C)[C@@H]1OC(=O)C(C)C. The van der Waals surface area contributed by atoms with E-state index < -0.39 is 36.0 Å². The Labute approximate surface area is 153 Å². The molecule has 1 fully saturated rings. The summed E-state index contributed by atoms with van der Waals surface area (Å²) < 4.78 is 16.2. The first-order valence-corrected chi connectivity index (χ1v) is 8.90. The molecule has 3 atom stereocenters. The summed E-state index contributed by atoms with van der Waals surface area (Å²) in [4.78, 5) is 36.7. The lowest BCUT2D eigenvalue weighted by atomic mass is 9.89. The zero-order valence-electron chi connectivity index (χ0n) is 15.7. The van der Waals surface area contributed by atoms with Gasteiger partial charge in [0.2, 0.25) is 0 Å². The van der Waals surface area contributed by atoms with E-state index in [0.717, 1.165) is 11.1 Å². The number of rotatable bonds is 4. The molecule has 1 aromatic carbocycles. The van der Waals surface area contributed by atoms with Crippen molar-refractivity contribution in [2.45, 2.75) is 52.7 Å². The molecule has 26 heavy (non-hydrogen) atoms. The summed E-state index contributed by atoms with van der Waals surface area (Å²) in [6.45, 7) is 6.97. The van der Waals surface area contributed by atoms with E-state index in [1.807, 2.05) is 31.2 Å². The van der Waals surface area contributed by atoms with Crippen molar-refractivity contribution >= 4 is 17.9 Å². The van der Waals surface area contributed by atoms with Crippen LogP contribution in [0.2, 0.25) is 0 Å². The molecule has 6 heteroatoms. The fraction of sp³-hybridized carbons (Fsp3) is 0.550. The highest BCUT2D eigenvalue weighted by atomic mass is 16.6. The summed E-state index contributed by atoms with van der Waals surface area (Å²) in [5.41, 5.74) is 1.98. The summed E-state index contributed by atoms with van der Waals surface area (Å²) in [6, 6.07) is 7.68. The molecular formula is C20H26O6. The second-order valence-corrected chi connectivity index (χ2v) is 6.91. The molecule has 6 nitrogen and oxygen atoms in total. The minimum atomic E-state index is -0.904. The monoisotopic (exact) mass is 362 g/mol. The fourth-order valence-electron chi connectivity index (χ4n) is 2.86. The summed E-state index contributed by atoms with van der Waals surface area (Å²) in [5, 5.41) is 0. The van der Waals surface area contributed by atoms with E-state index in [4.69, 9.17) is 14.2 Å². The third-order valence-electron chi connectivity index (χ3n) is 4.45. The maximum absolute atomic E-state index is 12.7. The lowest BCUT2D eigenvalue weighted by Crippen LogP contribution is -2.43. The maximum atomic E-state index is 12.7. The first-order chi connectivity index (χ1) is 12.3. The standard InChI is InChI=1S/C20H26O6/c1-12(2)19(22)26-18-14(4)25-17(21)9-10-24-20(23)16(18)11-15-8-6-5-7-13(15)3/h5-8,12,14,16,18H,9-11H2,1-4H3/t14?,16?,18-/m0/s1. The molecule has 0 saturated carbocycles. The van der Waals surface area contributed by atoms with E-state index in [-0.39, 0.29) is 18.9 Å². The van der Waals surface area contributed by atoms with Crippen molar-refractivity contribution in [3.63, 3.8) is 0 Å². The number of benzene rings is 1. The van der Waals surface area contributed by atoms with Gasteiger partial charge in [-0.2, -0.15) is 0 Å². The molecule has 142 valence electrons. The van der Waals surface area contributed by atoms with Gasteiger partial charge in [-0.1, -0.05) is 38.1 Å². The van der Waals surface area contributed by atoms with Crippen LogP contribution in [0, 0.1) is 18.8 Å². The van der Waals surface area contributed by atoms with E-state index in [1.54, 1.807) is 20.8 Å². The van der Waals surface area contributed by atoms with Crippen molar-refractivity contribution in [3.05, 3.63) is 35.4 Å². The normalized spacial score (nSPS) is 24.1. The first-order valence-electron chi connectivity index (χ1n) is 8.90. The number of cyclic esters (lactones) is 2. The highest BCUT2D eigenvalue weighted by Crippen LogP contribution is 2.25. The molecule has 0 aromatic heterocycles. The van der Waals surface area contributed by atoms with Crippen LogP contribution in [0.1, 0.15) is 38.3 Å². The number of esters is 3. The average Bonchev–Trinajstić information content (AvgIpc) is 2.62. The van der Waals surface area contributed by atoms with Crippen molar-refractivity contribution < 1.29 is 28.6 Å². The van der Waals surface area contributed by atoms with Crippen molar-refractivity contribution in [3.8, 4) is 0 Å². The third-order valence-corrected chi connectivity index (χ3v) is 4.45. The predicted molar refractivity (Wildman–Crippen MR) is 94.2 cm³/mol. The van der Waals surface area contributed by atoms with Crippen LogP contribution < -0.4 is 0 Å². The molecule has 1 aliphatic heterocycles. The number of hydrogen-bond donors (Lipinski definition) is 0. The van der Waals surface area contributed by atoms with Gasteiger partial charge in [-0.25, -0.2) is 0 Å². The highest BCUT2D eigenvalue weighted by molar-refractivity contribution is 5.77. The molecule has 1 saturated heterocycles. The van der Waals surface area contributed by atoms with Crippen LogP contribution in [0.25, 0.3) is 0 Å². The number of carbonyl (C=O) groups excluding carboxylic acids is 3. The van der Waals surface area contributed by atoms with Gasteiger partial charge in [0.1, 0.15) is 18.6 Å². The van der Waals surface area contributed by atoms with E-state index in [0.29, 0.717) is 6.42 Å². The van der Waals surface area contributed by atoms with Crippen LogP contribution in [0.15, 0.2) is 24.3 Å². The Morgan fingerprint density at radius 3 is 2.62 bits per heavy atom. The molecule has 1 aliphatic rings. The second kappa shape index (κ2) is 8.83. The van der Waals surface area contributed by atoms with Gasteiger partial charge in [-0.3, -0.25) is 14.4 Å². The Morgan fingerprint density at radius 1 is 1.27 bits per heavy atom. The Morgan fingerprint density at radius 2 is 1.96 bits per heavy atom. The van der Waals surface area contributed by atoms with Crippen LogP contribution in [-0.2, 0) is 35.0 Å². The smallest absolute Gasteiger partial charge is 0.313 e. The van der Waals surface area contributed by atoms with E-state index >= 15 is 0 Å². The molecule has 2 rings (SSSR count). The topological polar surface area (TPSA) is 78.9 Å². The molecule has 0 aliphatic carbocycles. The number of aryl methyl sites for hydroxylation is 1. The molecule has 1 heterocycles. The van der Waals surface area contributed by atoms with Gasteiger partial charge >= 0.3 is 17.9 Å². The van der Waals surface area contributed by atoms with Crippen LogP contribution in [0.5, 0.6) is 0 Å². The Hall–Kier alpha value is -2.37. The van der Waals surface area contributed by atoms with E-state index in [1.165, 1.54) is 0 Å². The Kier molecular flexibility index (Phi) is 6.77. The second-order valence-electron chi connectivity index (χ2n) is 6.91. The number of hydrogen-bond acceptors (Lipinski definition) is 6. The largest absolute Gasteiger partial charge is 0.465 e. The molecule has 0 N–H and O–H groups in total. The summed E-state index contributed by atoms with van der Waals surface area (Å²) in [7, 11) is 0. The van der Waals surface area contributed by atoms with Gasteiger partial charge in [0.25, 0.3) is 0 Å². The van der Waals surface area contributed by atoms with Crippen LogP contribution in [0.3, 0.4) is 0 Å². The van der Waals surface area contributed by atoms with Crippen molar-refractivity contribution in [2.75, 3.05) is 6.61 Å². The van der Waals surface area contributed by atoms with Gasteiger partial charge in [0.05, 0.1) is 12.3 Å². The Bertz CT molecular complexity index is 666.